The smallest absolute Gasteiger partial charge is 0.228 e. The van der Waals surface area contributed by atoms with Gasteiger partial charge in [0.15, 0.2) is 5.82 Å². The minimum atomic E-state index is -0.308. The van der Waals surface area contributed by atoms with Crippen LogP contribution in [0.25, 0.3) is 0 Å². The first kappa shape index (κ1) is 14.5. The maximum Gasteiger partial charge on any atom is 0.228 e. The molecule has 0 unspecified atom stereocenters. The molecule has 0 aliphatic rings. The Kier molecular flexibility index (Phi) is 4.74. The van der Waals surface area contributed by atoms with Gasteiger partial charge in [0.1, 0.15) is 0 Å². The van der Waals surface area contributed by atoms with Crippen molar-refractivity contribution in [2.75, 3.05) is 11.1 Å². The molecule has 3 N–H and O–H groups in total. The van der Waals surface area contributed by atoms with Crippen LogP contribution < -0.4 is 11.1 Å². The van der Waals surface area contributed by atoms with Crippen molar-refractivity contribution in [2.24, 2.45) is 0 Å². The van der Waals surface area contributed by atoms with Crippen molar-refractivity contribution in [3.8, 4) is 0 Å². The number of nitrogens with two attached hydrogens (primary N) is 1. The summed E-state index contributed by atoms with van der Waals surface area (Å²) >= 11 is 6.00. The number of nitrogens with one attached hydrogen (secondary N) is 1. The molecule has 0 radical (unpaired) electrons. The summed E-state index contributed by atoms with van der Waals surface area (Å²) in [5.74, 6) is 1.10. The fraction of sp³-hybridized carbons (Fsp3) is 0.357. The summed E-state index contributed by atoms with van der Waals surface area (Å²) in [5.41, 5.74) is 6.87. The zero-order chi connectivity index (χ0) is 14.5. The standard InChI is InChI=1S/C14H18ClN5/c1-3-11(10-7-5-4-6-8-10)17-14-19-12(9(2)15)18-13(16)20-14/h4-9,11H,3H2,1-2H3,(H3,16,17,18,19,20)/t9-,11-/m0/s1. The van der Waals surface area contributed by atoms with Crippen molar-refractivity contribution < 1.29 is 0 Å². The molecule has 0 aliphatic carbocycles. The third-order valence-electron chi connectivity index (χ3n) is 2.94. The molecule has 2 aromatic rings. The Labute approximate surface area is 123 Å². The van der Waals surface area contributed by atoms with E-state index in [4.69, 9.17) is 17.3 Å². The molecule has 0 aliphatic heterocycles. The molecule has 2 atom stereocenters. The summed E-state index contributed by atoms with van der Waals surface area (Å²) in [5, 5.41) is 2.97. The SMILES string of the molecule is CC[C@H](Nc1nc(N)nc([C@H](C)Cl)n1)c1ccccc1. The predicted octanol–water partition coefficient (Wildman–Crippen LogP) is 3.32. The van der Waals surface area contributed by atoms with Gasteiger partial charge in [0.2, 0.25) is 11.9 Å². The summed E-state index contributed by atoms with van der Waals surface area (Å²) < 4.78 is 0. The third kappa shape index (κ3) is 3.57. The molecular formula is C14H18ClN5. The minimum Gasteiger partial charge on any atom is -0.368 e. The Morgan fingerprint density at radius 2 is 1.90 bits per heavy atom. The molecule has 0 saturated carbocycles. The third-order valence-corrected chi connectivity index (χ3v) is 3.13. The van der Waals surface area contributed by atoms with Gasteiger partial charge in [-0.15, -0.1) is 11.6 Å². The van der Waals surface area contributed by atoms with Crippen molar-refractivity contribution in [1.82, 2.24) is 15.0 Å². The first-order valence-electron chi connectivity index (χ1n) is 6.57. The van der Waals surface area contributed by atoms with Gasteiger partial charge in [-0.1, -0.05) is 37.3 Å². The topological polar surface area (TPSA) is 76.7 Å². The van der Waals surface area contributed by atoms with Gasteiger partial charge in [-0.05, 0) is 18.9 Å². The second-order valence-corrected chi connectivity index (χ2v) is 5.16. The van der Waals surface area contributed by atoms with Crippen LogP contribution in [0.1, 0.15) is 43.1 Å². The van der Waals surface area contributed by atoms with Crippen molar-refractivity contribution in [2.45, 2.75) is 31.7 Å². The molecule has 0 amide bonds. The van der Waals surface area contributed by atoms with Crippen LogP contribution in [0.3, 0.4) is 0 Å². The van der Waals surface area contributed by atoms with Crippen LogP contribution in [-0.4, -0.2) is 15.0 Å². The Morgan fingerprint density at radius 1 is 1.20 bits per heavy atom. The number of rotatable bonds is 5. The van der Waals surface area contributed by atoms with E-state index in [1.54, 1.807) is 6.92 Å². The predicted molar refractivity (Wildman–Crippen MR) is 81.6 cm³/mol. The molecule has 5 nitrogen and oxygen atoms in total. The summed E-state index contributed by atoms with van der Waals surface area (Å²) in [6.07, 6.45) is 0.904. The highest BCUT2D eigenvalue weighted by Crippen LogP contribution is 2.22. The summed E-state index contributed by atoms with van der Waals surface area (Å²) in [6, 6.07) is 10.3. The van der Waals surface area contributed by atoms with E-state index in [1.165, 1.54) is 5.56 Å². The highest BCUT2D eigenvalue weighted by molar-refractivity contribution is 6.20. The number of alkyl halides is 1. The normalized spacial score (nSPS) is 13.8. The lowest BCUT2D eigenvalue weighted by Crippen LogP contribution is -2.14. The second-order valence-electron chi connectivity index (χ2n) is 4.51. The number of benzene rings is 1. The average Bonchev–Trinajstić information content (AvgIpc) is 2.45. The fourth-order valence-electron chi connectivity index (χ4n) is 1.91. The molecule has 6 heteroatoms. The number of hydrogen-bond donors (Lipinski definition) is 2. The molecule has 1 aromatic carbocycles. The average molecular weight is 292 g/mol. The molecule has 0 fully saturated rings. The molecule has 20 heavy (non-hydrogen) atoms. The van der Waals surface area contributed by atoms with Crippen LogP contribution in [0.2, 0.25) is 0 Å². The number of nitrogen functional groups attached to an aromatic ring is 1. The number of halogens is 1. The molecule has 106 valence electrons. The summed E-state index contributed by atoms with van der Waals surface area (Å²) in [4.78, 5) is 12.4. The highest BCUT2D eigenvalue weighted by atomic mass is 35.5. The number of nitrogens with zero attached hydrogens (tertiary/aromatic N) is 3. The number of anilines is 2. The van der Waals surface area contributed by atoms with E-state index < -0.39 is 0 Å². The zero-order valence-electron chi connectivity index (χ0n) is 11.5. The van der Waals surface area contributed by atoms with Crippen LogP contribution in [0, 0.1) is 0 Å². The molecule has 2 rings (SSSR count). The number of hydrogen-bond acceptors (Lipinski definition) is 5. The molecule has 1 heterocycles. The van der Waals surface area contributed by atoms with Gasteiger partial charge in [-0.25, -0.2) is 0 Å². The maximum absolute atomic E-state index is 6.00. The quantitative estimate of drug-likeness (QED) is 0.826. The Balaban J connectivity index is 2.24. The van der Waals surface area contributed by atoms with E-state index in [1.807, 2.05) is 18.2 Å². The minimum absolute atomic E-state index is 0.122. The second kappa shape index (κ2) is 6.52. The lowest BCUT2D eigenvalue weighted by molar-refractivity contribution is 0.732. The van der Waals surface area contributed by atoms with Gasteiger partial charge in [-0.2, -0.15) is 15.0 Å². The van der Waals surface area contributed by atoms with Gasteiger partial charge < -0.3 is 11.1 Å². The zero-order valence-corrected chi connectivity index (χ0v) is 12.3. The van der Waals surface area contributed by atoms with E-state index in [9.17, 15) is 0 Å². The Bertz CT molecular complexity index is 559. The first-order chi connectivity index (χ1) is 9.60. The van der Waals surface area contributed by atoms with Crippen LogP contribution in [0.5, 0.6) is 0 Å². The van der Waals surface area contributed by atoms with Gasteiger partial charge in [0.25, 0.3) is 0 Å². The molecule has 0 spiro atoms. The van der Waals surface area contributed by atoms with Crippen molar-refractivity contribution in [1.29, 1.82) is 0 Å². The van der Waals surface area contributed by atoms with E-state index in [2.05, 4.69) is 39.3 Å². The monoisotopic (exact) mass is 291 g/mol. The van der Waals surface area contributed by atoms with Gasteiger partial charge in [0, 0.05) is 0 Å². The van der Waals surface area contributed by atoms with Crippen molar-refractivity contribution >= 4 is 23.5 Å². The van der Waals surface area contributed by atoms with Gasteiger partial charge in [0.05, 0.1) is 11.4 Å². The van der Waals surface area contributed by atoms with E-state index in [-0.39, 0.29) is 17.4 Å². The Morgan fingerprint density at radius 3 is 2.50 bits per heavy atom. The maximum atomic E-state index is 6.00. The fourth-order valence-corrected chi connectivity index (χ4v) is 2.01. The molecule has 0 bridgehead atoms. The largest absolute Gasteiger partial charge is 0.368 e. The molecular weight excluding hydrogens is 274 g/mol. The first-order valence-corrected chi connectivity index (χ1v) is 7.00. The lowest BCUT2D eigenvalue weighted by Gasteiger charge is -2.18. The van der Waals surface area contributed by atoms with Gasteiger partial charge >= 0.3 is 0 Å². The van der Waals surface area contributed by atoms with Crippen LogP contribution in [0.4, 0.5) is 11.9 Å². The lowest BCUT2D eigenvalue weighted by atomic mass is 10.1. The van der Waals surface area contributed by atoms with E-state index in [0.717, 1.165) is 6.42 Å². The molecule has 1 aromatic heterocycles. The summed E-state index contributed by atoms with van der Waals surface area (Å²) in [7, 11) is 0. The van der Waals surface area contributed by atoms with Gasteiger partial charge in [-0.3, -0.25) is 0 Å². The summed E-state index contributed by atoms with van der Waals surface area (Å²) in [6.45, 7) is 3.90. The van der Waals surface area contributed by atoms with E-state index >= 15 is 0 Å². The molecule has 0 saturated heterocycles. The van der Waals surface area contributed by atoms with Crippen LogP contribution in [0.15, 0.2) is 30.3 Å². The van der Waals surface area contributed by atoms with Crippen LogP contribution in [-0.2, 0) is 0 Å². The number of aromatic nitrogens is 3. The highest BCUT2D eigenvalue weighted by Gasteiger charge is 2.13. The van der Waals surface area contributed by atoms with Crippen molar-refractivity contribution in [3.63, 3.8) is 0 Å². The van der Waals surface area contributed by atoms with Crippen LogP contribution >= 0.6 is 11.6 Å². The Hall–Kier alpha value is -1.88. The van der Waals surface area contributed by atoms with Crippen molar-refractivity contribution in [3.05, 3.63) is 41.7 Å². The van der Waals surface area contributed by atoms with E-state index in [0.29, 0.717) is 11.8 Å².